The van der Waals surface area contributed by atoms with Gasteiger partial charge in [-0.05, 0) is 47.9 Å². The third kappa shape index (κ3) is 4.30. The van der Waals surface area contributed by atoms with Crippen LogP contribution in [0.2, 0.25) is 5.02 Å². The maximum Gasteiger partial charge on any atom is 0.267 e. The van der Waals surface area contributed by atoms with Crippen molar-refractivity contribution in [3.8, 4) is 11.1 Å². The number of aromatic nitrogens is 1. The van der Waals surface area contributed by atoms with Crippen LogP contribution in [0.5, 0.6) is 0 Å². The Hall–Kier alpha value is -2.86. The van der Waals surface area contributed by atoms with Gasteiger partial charge in [0.05, 0.1) is 11.5 Å². The molecule has 1 N–H and O–H groups in total. The van der Waals surface area contributed by atoms with Crippen LogP contribution in [0.3, 0.4) is 0 Å². The molecule has 1 heterocycles. The predicted molar refractivity (Wildman–Crippen MR) is 124 cm³/mol. The summed E-state index contributed by atoms with van der Waals surface area (Å²) in [6, 6.07) is 23.6. The summed E-state index contributed by atoms with van der Waals surface area (Å²) in [7, 11) is -3.78. The average Bonchev–Trinajstić information content (AvgIpc) is 3.22. The third-order valence-electron chi connectivity index (χ3n) is 5.35. The molecule has 0 spiro atoms. The Bertz CT molecular complexity index is 1280. The molecule has 31 heavy (non-hydrogen) atoms. The number of aryl methyl sites for hydroxylation is 1. The molecule has 1 unspecified atom stereocenters. The summed E-state index contributed by atoms with van der Waals surface area (Å²) in [5.74, 6) is -0.401. The van der Waals surface area contributed by atoms with Gasteiger partial charge in [-0.25, -0.2) is 12.4 Å². The van der Waals surface area contributed by atoms with E-state index in [2.05, 4.69) is 0 Å². The number of hydrogen-bond donors (Lipinski definition) is 1. The zero-order valence-corrected chi connectivity index (χ0v) is 18.5. The molecular weight excluding hydrogens is 430 g/mol. The molecule has 4 nitrogen and oxygen atoms in total. The first-order valence-corrected chi connectivity index (χ1v) is 11.7. The molecule has 6 heteroatoms. The Labute approximate surface area is 187 Å². The van der Waals surface area contributed by atoms with Crippen LogP contribution in [0.1, 0.15) is 22.6 Å². The molecule has 0 amide bonds. The first-order valence-electron chi connectivity index (χ1n) is 9.86. The van der Waals surface area contributed by atoms with Crippen LogP contribution in [0.15, 0.2) is 96.2 Å². The highest BCUT2D eigenvalue weighted by Gasteiger charge is 2.25. The zero-order chi connectivity index (χ0) is 22.0. The summed E-state index contributed by atoms with van der Waals surface area (Å²) in [4.78, 5) is 0.214. The normalized spacial score (nSPS) is 12.6. The van der Waals surface area contributed by atoms with Crippen molar-refractivity contribution in [2.24, 2.45) is 0 Å². The number of halogens is 1. The van der Waals surface area contributed by atoms with Crippen LogP contribution >= 0.6 is 11.6 Å². The molecule has 1 aromatic heterocycles. The zero-order valence-electron chi connectivity index (χ0n) is 16.9. The number of benzene rings is 3. The second-order valence-electron chi connectivity index (χ2n) is 7.43. The van der Waals surface area contributed by atoms with E-state index in [4.69, 9.17) is 11.6 Å². The first kappa shape index (κ1) is 21.4. The summed E-state index contributed by atoms with van der Waals surface area (Å²) < 4.78 is 27.9. The maximum atomic E-state index is 13.3. The predicted octanol–water partition coefficient (Wildman–Crippen LogP) is 5.48. The number of rotatable bonds is 6. The highest BCUT2D eigenvalue weighted by molar-refractivity contribution is 7.90. The SMILES string of the molecule is Cc1ccc(S(=O)(=O)n2cc(-c3ccccc3)c(C(CO)c3ccc(Cl)cc3)c2)cc1. The molecule has 3 aromatic carbocycles. The van der Waals surface area contributed by atoms with Crippen LogP contribution in [-0.2, 0) is 10.0 Å². The minimum atomic E-state index is -3.78. The van der Waals surface area contributed by atoms with Gasteiger partial charge in [0.2, 0.25) is 0 Å². The van der Waals surface area contributed by atoms with Gasteiger partial charge in [-0.3, -0.25) is 0 Å². The molecular formula is C25H22ClNO3S. The van der Waals surface area contributed by atoms with Crippen molar-refractivity contribution in [3.05, 3.63) is 113 Å². The summed E-state index contributed by atoms with van der Waals surface area (Å²) in [5, 5.41) is 10.8. The van der Waals surface area contributed by atoms with Crippen molar-refractivity contribution in [1.82, 2.24) is 3.97 Å². The quantitative estimate of drug-likeness (QED) is 0.422. The molecule has 4 rings (SSSR count). The molecule has 0 radical (unpaired) electrons. The molecule has 0 aliphatic carbocycles. The molecule has 0 aliphatic heterocycles. The summed E-state index contributed by atoms with van der Waals surface area (Å²) in [6.07, 6.45) is 3.23. The Morgan fingerprint density at radius 3 is 2.16 bits per heavy atom. The maximum absolute atomic E-state index is 13.3. The van der Waals surface area contributed by atoms with Crippen LogP contribution in [-0.4, -0.2) is 24.1 Å². The van der Waals surface area contributed by atoms with Crippen molar-refractivity contribution >= 4 is 21.6 Å². The van der Waals surface area contributed by atoms with Crippen molar-refractivity contribution < 1.29 is 13.5 Å². The highest BCUT2D eigenvalue weighted by atomic mass is 35.5. The average molecular weight is 452 g/mol. The minimum absolute atomic E-state index is 0.171. The van der Waals surface area contributed by atoms with E-state index in [1.54, 1.807) is 48.8 Å². The monoisotopic (exact) mass is 451 g/mol. The van der Waals surface area contributed by atoms with Crippen molar-refractivity contribution in [2.45, 2.75) is 17.7 Å². The number of aliphatic hydroxyl groups is 1. The van der Waals surface area contributed by atoms with E-state index in [1.807, 2.05) is 49.4 Å². The first-order chi connectivity index (χ1) is 14.9. The van der Waals surface area contributed by atoms with Gasteiger partial charge in [-0.1, -0.05) is 71.8 Å². The van der Waals surface area contributed by atoms with Crippen molar-refractivity contribution in [3.63, 3.8) is 0 Å². The third-order valence-corrected chi connectivity index (χ3v) is 7.23. The van der Waals surface area contributed by atoms with Gasteiger partial charge in [-0.2, -0.15) is 0 Å². The van der Waals surface area contributed by atoms with E-state index in [1.165, 1.54) is 3.97 Å². The van der Waals surface area contributed by atoms with Crippen molar-refractivity contribution in [1.29, 1.82) is 0 Å². The molecule has 0 fully saturated rings. The Morgan fingerprint density at radius 2 is 1.55 bits per heavy atom. The lowest BCUT2D eigenvalue weighted by molar-refractivity contribution is 0.281. The smallest absolute Gasteiger partial charge is 0.267 e. The fourth-order valence-corrected chi connectivity index (χ4v) is 4.98. The lowest BCUT2D eigenvalue weighted by Crippen LogP contribution is -2.11. The lowest BCUT2D eigenvalue weighted by Gasteiger charge is -2.16. The molecule has 1 atom stereocenters. The number of nitrogens with zero attached hydrogens (tertiary/aromatic N) is 1. The largest absolute Gasteiger partial charge is 0.395 e. The van der Waals surface area contributed by atoms with E-state index >= 15 is 0 Å². The Kier molecular flexibility index (Phi) is 6.01. The van der Waals surface area contributed by atoms with Gasteiger partial charge >= 0.3 is 0 Å². The molecule has 0 saturated heterocycles. The van der Waals surface area contributed by atoms with E-state index < -0.39 is 15.9 Å². The molecule has 0 bridgehead atoms. The molecule has 0 aliphatic rings. The minimum Gasteiger partial charge on any atom is -0.395 e. The summed E-state index contributed by atoms with van der Waals surface area (Å²) >= 11 is 6.03. The van der Waals surface area contributed by atoms with E-state index in [-0.39, 0.29) is 11.5 Å². The fraction of sp³-hybridized carbons (Fsp3) is 0.120. The van der Waals surface area contributed by atoms with Gasteiger partial charge in [0.1, 0.15) is 0 Å². The second kappa shape index (κ2) is 8.71. The topological polar surface area (TPSA) is 59.3 Å². The van der Waals surface area contributed by atoms with E-state index in [0.29, 0.717) is 5.02 Å². The van der Waals surface area contributed by atoms with Gasteiger partial charge in [-0.15, -0.1) is 0 Å². The number of hydrogen-bond acceptors (Lipinski definition) is 3. The van der Waals surface area contributed by atoms with Crippen LogP contribution in [0.25, 0.3) is 11.1 Å². The van der Waals surface area contributed by atoms with Gasteiger partial charge in [0.15, 0.2) is 0 Å². The Balaban J connectivity index is 1.89. The standard InChI is InChI=1S/C25H22ClNO3S/c1-18-7-13-22(14-8-18)31(29,30)27-15-23(19-5-3-2-4-6-19)24(16-27)25(17-28)20-9-11-21(26)12-10-20/h2-16,25,28H,17H2,1H3. The summed E-state index contributed by atoms with van der Waals surface area (Å²) in [6.45, 7) is 1.74. The van der Waals surface area contributed by atoms with Crippen molar-refractivity contribution in [2.75, 3.05) is 6.61 Å². The lowest BCUT2D eigenvalue weighted by atomic mass is 9.89. The molecule has 0 saturated carbocycles. The van der Waals surface area contributed by atoms with E-state index in [0.717, 1.165) is 27.8 Å². The van der Waals surface area contributed by atoms with Gasteiger partial charge < -0.3 is 5.11 Å². The highest BCUT2D eigenvalue weighted by Crippen LogP contribution is 2.35. The number of aliphatic hydroxyl groups excluding tert-OH is 1. The fourth-order valence-electron chi connectivity index (χ4n) is 3.63. The second-order valence-corrected chi connectivity index (χ2v) is 9.71. The van der Waals surface area contributed by atoms with Crippen LogP contribution in [0.4, 0.5) is 0 Å². The van der Waals surface area contributed by atoms with Crippen LogP contribution in [0, 0.1) is 6.92 Å². The van der Waals surface area contributed by atoms with Gasteiger partial charge in [0, 0.05) is 28.9 Å². The van der Waals surface area contributed by atoms with Gasteiger partial charge in [0.25, 0.3) is 10.0 Å². The molecule has 4 aromatic rings. The van der Waals surface area contributed by atoms with E-state index in [9.17, 15) is 13.5 Å². The molecule has 158 valence electrons. The summed E-state index contributed by atoms with van der Waals surface area (Å²) in [5.41, 5.74) is 4.20. The Morgan fingerprint density at radius 1 is 0.903 bits per heavy atom. The van der Waals surface area contributed by atoms with Crippen LogP contribution < -0.4 is 0 Å².